The maximum Gasteiger partial charge on any atom is 0.255 e. The number of aromatic hydroxyl groups is 1. The predicted molar refractivity (Wildman–Crippen MR) is 121 cm³/mol. The standard InChI is InChI=1S/C19H28N6O2.HI/c1-5-20-19(23-12-16-13(2)24-25(4)14(16)3)22-11-10-21-18(27)15-8-6-7-9-17(15)26;/h6-9,26H,5,10-12H2,1-4H3,(H,21,27)(H2,20,22,23);1H. The van der Waals surface area contributed by atoms with Crippen LogP contribution in [0.2, 0.25) is 0 Å². The number of carbonyl (C=O) groups is 1. The number of benzene rings is 1. The molecule has 28 heavy (non-hydrogen) atoms. The number of carbonyl (C=O) groups excluding carboxylic acids is 1. The van der Waals surface area contributed by atoms with Crippen molar-refractivity contribution in [3.63, 3.8) is 0 Å². The van der Waals surface area contributed by atoms with E-state index in [2.05, 4.69) is 26.0 Å². The summed E-state index contributed by atoms with van der Waals surface area (Å²) in [6.45, 7) is 8.19. The number of para-hydroxylation sites is 1. The Balaban J connectivity index is 0.00000392. The number of nitrogens with one attached hydrogen (secondary N) is 3. The minimum Gasteiger partial charge on any atom is -0.507 e. The lowest BCUT2D eigenvalue weighted by atomic mass is 10.2. The van der Waals surface area contributed by atoms with E-state index < -0.39 is 0 Å². The van der Waals surface area contributed by atoms with Gasteiger partial charge in [-0.3, -0.25) is 9.48 Å². The summed E-state index contributed by atoms with van der Waals surface area (Å²) in [7, 11) is 1.92. The molecule has 1 amide bonds. The summed E-state index contributed by atoms with van der Waals surface area (Å²) in [4.78, 5) is 16.7. The van der Waals surface area contributed by atoms with Crippen LogP contribution in [0, 0.1) is 13.8 Å². The van der Waals surface area contributed by atoms with Crippen LogP contribution in [0.4, 0.5) is 0 Å². The summed E-state index contributed by atoms with van der Waals surface area (Å²) in [6.07, 6.45) is 0. The molecular formula is C19H29IN6O2. The van der Waals surface area contributed by atoms with Crippen molar-refractivity contribution in [3.8, 4) is 5.75 Å². The molecule has 4 N–H and O–H groups in total. The van der Waals surface area contributed by atoms with Crippen LogP contribution in [0.15, 0.2) is 29.3 Å². The number of hydrogen-bond acceptors (Lipinski definition) is 4. The van der Waals surface area contributed by atoms with Crippen molar-refractivity contribution in [1.82, 2.24) is 25.7 Å². The van der Waals surface area contributed by atoms with E-state index in [1.165, 1.54) is 6.07 Å². The number of nitrogens with zero attached hydrogens (tertiary/aromatic N) is 3. The van der Waals surface area contributed by atoms with E-state index in [-0.39, 0.29) is 41.2 Å². The van der Waals surface area contributed by atoms with E-state index in [4.69, 9.17) is 0 Å². The zero-order valence-electron chi connectivity index (χ0n) is 16.7. The van der Waals surface area contributed by atoms with Crippen LogP contribution < -0.4 is 16.0 Å². The summed E-state index contributed by atoms with van der Waals surface area (Å²) in [5.41, 5.74) is 3.45. The van der Waals surface area contributed by atoms with Crippen LogP contribution in [0.5, 0.6) is 5.75 Å². The second-order valence-electron chi connectivity index (χ2n) is 6.17. The normalized spacial score (nSPS) is 10.9. The number of phenols is 1. The molecule has 0 fully saturated rings. The van der Waals surface area contributed by atoms with Gasteiger partial charge in [-0.2, -0.15) is 5.10 Å². The lowest BCUT2D eigenvalue weighted by molar-refractivity contribution is 0.0951. The number of amides is 1. The number of rotatable bonds is 7. The van der Waals surface area contributed by atoms with Gasteiger partial charge in [0.2, 0.25) is 0 Å². The smallest absolute Gasteiger partial charge is 0.255 e. The van der Waals surface area contributed by atoms with Crippen LogP contribution in [0.3, 0.4) is 0 Å². The maximum absolute atomic E-state index is 12.1. The molecule has 0 bridgehead atoms. The molecule has 0 radical (unpaired) electrons. The van der Waals surface area contributed by atoms with Crippen LogP contribution in [-0.2, 0) is 13.6 Å². The molecule has 1 heterocycles. The maximum atomic E-state index is 12.1. The Morgan fingerprint density at radius 1 is 1.18 bits per heavy atom. The van der Waals surface area contributed by atoms with Gasteiger partial charge in [-0.15, -0.1) is 24.0 Å². The van der Waals surface area contributed by atoms with Crippen molar-refractivity contribution >= 4 is 35.8 Å². The van der Waals surface area contributed by atoms with E-state index in [0.29, 0.717) is 25.6 Å². The van der Waals surface area contributed by atoms with Gasteiger partial charge in [0.15, 0.2) is 5.96 Å². The molecule has 0 saturated carbocycles. The molecule has 0 aliphatic rings. The highest BCUT2D eigenvalue weighted by atomic mass is 127. The van der Waals surface area contributed by atoms with Gasteiger partial charge < -0.3 is 21.1 Å². The van der Waals surface area contributed by atoms with Crippen molar-refractivity contribution < 1.29 is 9.90 Å². The van der Waals surface area contributed by atoms with E-state index in [1.807, 2.05) is 32.5 Å². The summed E-state index contributed by atoms with van der Waals surface area (Å²) >= 11 is 0. The predicted octanol–water partition coefficient (Wildman–Crippen LogP) is 1.85. The molecule has 0 atom stereocenters. The van der Waals surface area contributed by atoms with Crippen LogP contribution in [0.25, 0.3) is 0 Å². The Hall–Kier alpha value is -2.30. The zero-order valence-corrected chi connectivity index (χ0v) is 19.1. The molecule has 1 aromatic carbocycles. The lowest BCUT2D eigenvalue weighted by Crippen LogP contribution is -2.41. The molecule has 1 aromatic heterocycles. The molecule has 0 unspecified atom stereocenters. The van der Waals surface area contributed by atoms with E-state index >= 15 is 0 Å². The van der Waals surface area contributed by atoms with E-state index in [9.17, 15) is 9.90 Å². The molecule has 8 nitrogen and oxygen atoms in total. The number of aryl methyl sites for hydroxylation is 2. The topological polar surface area (TPSA) is 104 Å². The fourth-order valence-electron chi connectivity index (χ4n) is 2.66. The van der Waals surface area contributed by atoms with Crippen LogP contribution in [-0.4, -0.2) is 46.4 Å². The Kier molecular flexibility index (Phi) is 9.77. The zero-order chi connectivity index (χ0) is 19.8. The minimum atomic E-state index is -0.307. The first-order valence-electron chi connectivity index (χ1n) is 9.01. The second kappa shape index (κ2) is 11.5. The molecule has 154 valence electrons. The van der Waals surface area contributed by atoms with Crippen molar-refractivity contribution in [2.45, 2.75) is 27.3 Å². The monoisotopic (exact) mass is 500 g/mol. The number of aliphatic imine (C=N–C) groups is 1. The third-order valence-electron chi connectivity index (χ3n) is 4.25. The van der Waals surface area contributed by atoms with Gasteiger partial charge in [0.05, 0.1) is 17.8 Å². The highest BCUT2D eigenvalue weighted by molar-refractivity contribution is 14.0. The molecule has 0 saturated heterocycles. The average Bonchev–Trinajstić information content (AvgIpc) is 2.88. The van der Waals surface area contributed by atoms with Crippen molar-refractivity contribution in [3.05, 3.63) is 46.8 Å². The van der Waals surface area contributed by atoms with Gasteiger partial charge in [-0.05, 0) is 32.9 Å². The highest BCUT2D eigenvalue weighted by Gasteiger charge is 2.10. The quantitative estimate of drug-likeness (QED) is 0.201. The van der Waals surface area contributed by atoms with Gasteiger partial charge in [-0.25, -0.2) is 4.99 Å². The molecule has 2 aromatic rings. The molecule has 9 heteroatoms. The van der Waals surface area contributed by atoms with Gasteiger partial charge >= 0.3 is 0 Å². The summed E-state index contributed by atoms with van der Waals surface area (Å²) < 4.78 is 1.86. The fraction of sp³-hybridized carbons (Fsp3) is 0.421. The minimum absolute atomic E-state index is 0. The Morgan fingerprint density at radius 2 is 1.86 bits per heavy atom. The summed E-state index contributed by atoms with van der Waals surface area (Å²) in [6, 6.07) is 6.47. The molecule has 2 rings (SSSR count). The number of hydrogen-bond donors (Lipinski definition) is 4. The largest absolute Gasteiger partial charge is 0.507 e. The molecule has 0 aliphatic heterocycles. The molecular weight excluding hydrogens is 471 g/mol. The first kappa shape index (κ1) is 23.7. The van der Waals surface area contributed by atoms with Crippen LogP contribution >= 0.6 is 24.0 Å². The molecule has 0 aliphatic carbocycles. The van der Waals surface area contributed by atoms with E-state index in [1.54, 1.807) is 18.2 Å². The number of phenolic OH excluding ortho intramolecular Hbond substituents is 1. The van der Waals surface area contributed by atoms with Gasteiger partial charge in [0, 0.05) is 37.9 Å². The van der Waals surface area contributed by atoms with Crippen molar-refractivity contribution in [1.29, 1.82) is 0 Å². The second-order valence-corrected chi connectivity index (χ2v) is 6.17. The molecule has 0 spiro atoms. The van der Waals surface area contributed by atoms with Crippen molar-refractivity contribution in [2.75, 3.05) is 19.6 Å². The van der Waals surface area contributed by atoms with Crippen molar-refractivity contribution in [2.24, 2.45) is 12.0 Å². The van der Waals surface area contributed by atoms with Gasteiger partial charge in [0.1, 0.15) is 5.75 Å². The Labute approximate surface area is 182 Å². The SMILES string of the molecule is CCNC(=NCc1c(C)nn(C)c1C)NCCNC(=O)c1ccccc1O.I. The Bertz CT molecular complexity index is 819. The first-order valence-corrected chi connectivity index (χ1v) is 9.01. The first-order chi connectivity index (χ1) is 12.9. The number of aromatic nitrogens is 2. The third-order valence-corrected chi connectivity index (χ3v) is 4.25. The average molecular weight is 500 g/mol. The summed E-state index contributed by atoms with van der Waals surface area (Å²) in [5, 5.41) is 23.3. The van der Waals surface area contributed by atoms with Crippen LogP contribution in [0.1, 0.15) is 34.2 Å². The third kappa shape index (κ3) is 6.39. The Morgan fingerprint density at radius 3 is 2.46 bits per heavy atom. The summed E-state index contributed by atoms with van der Waals surface area (Å²) in [5.74, 6) is 0.343. The highest BCUT2D eigenvalue weighted by Crippen LogP contribution is 2.15. The fourth-order valence-corrected chi connectivity index (χ4v) is 2.66. The number of guanidine groups is 1. The van der Waals surface area contributed by atoms with Gasteiger partial charge in [-0.1, -0.05) is 12.1 Å². The van der Waals surface area contributed by atoms with Gasteiger partial charge in [0.25, 0.3) is 5.91 Å². The number of halogens is 1. The lowest BCUT2D eigenvalue weighted by Gasteiger charge is -2.12. The van der Waals surface area contributed by atoms with E-state index in [0.717, 1.165) is 23.5 Å².